The Balaban J connectivity index is 1.41. The molecule has 4 aromatic rings. The number of unbranched alkanes of at least 4 members (excludes halogenated alkanes) is 1. The minimum Gasteiger partial charge on any atom is -0.367 e. The van der Waals surface area contributed by atoms with Crippen LogP contribution in [0.2, 0.25) is 0 Å². The smallest absolute Gasteiger partial charge is 0.251 e. The first-order valence-corrected chi connectivity index (χ1v) is 11.5. The lowest BCUT2D eigenvalue weighted by atomic mass is 10.1. The van der Waals surface area contributed by atoms with E-state index in [1.54, 1.807) is 18.2 Å². The Morgan fingerprint density at radius 1 is 0.941 bits per heavy atom. The minimum atomic E-state index is -0.127. The Labute approximate surface area is 198 Å². The maximum atomic E-state index is 12.5. The van der Waals surface area contributed by atoms with Gasteiger partial charge in [-0.05, 0) is 63.9 Å². The number of carbonyl (C=O) groups excluding carboxylic acids is 2. The Morgan fingerprint density at radius 2 is 1.71 bits per heavy atom. The third-order valence-corrected chi connectivity index (χ3v) is 5.38. The minimum absolute atomic E-state index is 0.0521. The van der Waals surface area contributed by atoms with Crippen LogP contribution in [0.1, 0.15) is 53.2 Å². The summed E-state index contributed by atoms with van der Waals surface area (Å²) in [4.78, 5) is 29.3. The van der Waals surface area contributed by atoms with E-state index in [1.165, 1.54) is 0 Å². The van der Waals surface area contributed by atoms with Crippen LogP contribution in [0, 0.1) is 6.92 Å². The molecule has 0 saturated carbocycles. The van der Waals surface area contributed by atoms with E-state index in [0.717, 1.165) is 29.7 Å². The highest BCUT2D eigenvalue weighted by atomic mass is 16.2. The van der Waals surface area contributed by atoms with Gasteiger partial charge in [0, 0.05) is 30.3 Å². The average Bonchev–Trinajstić information content (AvgIpc) is 3.23. The van der Waals surface area contributed by atoms with Gasteiger partial charge in [0.25, 0.3) is 11.8 Å². The number of fused-ring (bicyclic) bond motifs is 3. The third-order valence-electron chi connectivity index (χ3n) is 5.38. The monoisotopic (exact) mass is 459 g/mol. The van der Waals surface area contributed by atoms with Crippen LogP contribution in [0.25, 0.3) is 16.7 Å². The number of rotatable bonds is 9. The molecule has 9 heteroatoms. The summed E-state index contributed by atoms with van der Waals surface area (Å²) in [5, 5.41) is 17.7. The largest absolute Gasteiger partial charge is 0.367 e. The number of aryl methyl sites for hydroxylation is 1. The first-order chi connectivity index (χ1) is 16.4. The first-order valence-electron chi connectivity index (χ1n) is 11.5. The molecule has 34 heavy (non-hydrogen) atoms. The summed E-state index contributed by atoms with van der Waals surface area (Å²) in [6.07, 6.45) is 1.68. The van der Waals surface area contributed by atoms with Crippen molar-refractivity contribution < 1.29 is 9.59 Å². The summed E-state index contributed by atoms with van der Waals surface area (Å²) in [7, 11) is 0. The van der Waals surface area contributed by atoms with Gasteiger partial charge in [-0.3, -0.25) is 14.0 Å². The molecule has 0 atom stereocenters. The summed E-state index contributed by atoms with van der Waals surface area (Å²) in [5.74, 6) is 1.17. The fraction of sp³-hybridized carbons (Fsp3) is 0.320. The average molecular weight is 460 g/mol. The van der Waals surface area contributed by atoms with E-state index in [9.17, 15) is 9.59 Å². The molecule has 2 aromatic heterocycles. The van der Waals surface area contributed by atoms with Gasteiger partial charge >= 0.3 is 0 Å². The summed E-state index contributed by atoms with van der Waals surface area (Å²) >= 11 is 0. The van der Waals surface area contributed by atoms with Crippen LogP contribution in [-0.2, 0) is 0 Å². The van der Waals surface area contributed by atoms with Crippen LogP contribution in [0.5, 0.6) is 0 Å². The fourth-order valence-corrected chi connectivity index (χ4v) is 3.73. The van der Waals surface area contributed by atoms with Crippen molar-refractivity contribution in [3.63, 3.8) is 0 Å². The number of carbonyl (C=O) groups is 2. The van der Waals surface area contributed by atoms with Crippen LogP contribution in [0.15, 0.2) is 48.5 Å². The molecule has 0 aliphatic heterocycles. The Hall–Kier alpha value is -4.01. The first kappa shape index (κ1) is 23.2. The van der Waals surface area contributed by atoms with Gasteiger partial charge < -0.3 is 16.0 Å². The predicted molar refractivity (Wildman–Crippen MR) is 132 cm³/mol. The summed E-state index contributed by atoms with van der Waals surface area (Å²) < 4.78 is 1.91. The van der Waals surface area contributed by atoms with E-state index < -0.39 is 0 Å². The molecule has 3 N–H and O–H groups in total. The van der Waals surface area contributed by atoms with E-state index in [0.29, 0.717) is 35.7 Å². The number of benzene rings is 2. The predicted octanol–water partition coefficient (Wildman–Crippen LogP) is 3.35. The van der Waals surface area contributed by atoms with E-state index in [2.05, 4.69) is 26.1 Å². The van der Waals surface area contributed by atoms with Crippen LogP contribution >= 0.6 is 0 Å². The number of nitrogens with one attached hydrogen (secondary N) is 3. The van der Waals surface area contributed by atoms with Crippen LogP contribution in [-0.4, -0.2) is 50.5 Å². The molecule has 4 rings (SSSR count). The second kappa shape index (κ2) is 10.3. The standard InChI is InChI=1S/C25H29N7O2/c1-16(2)28-25(34)19-11-12-20-21(15-19)32-17(3)30-31-23(32)22(29-20)26-13-7-8-14-27-24(33)18-9-5-4-6-10-18/h4-6,9-12,15-16H,7-8,13-14H2,1-3H3,(H,26,29)(H,27,33)(H,28,34). The van der Waals surface area contributed by atoms with Crippen LogP contribution in [0.4, 0.5) is 5.82 Å². The van der Waals surface area contributed by atoms with Gasteiger partial charge in [-0.2, -0.15) is 0 Å². The molecule has 0 unspecified atom stereocenters. The van der Waals surface area contributed by atoms with Crippen molar-refractivity contribution in [1.82, 2.24) is 30.2 Å². The second-order valence-corrected chi connectivity index (χ2v) is 8.45. The second-order valence-electron chi connectivity index (χ2n) is 8.45. The molecule has 2 aromatic carbocycles. The zero-order chi connectivity index (χ0) is 24.1. The van der Waals surface area contributed by atoms with Crippen molar-refractivity contribution in [2.75, 3.05) is 18.4 Å². The number of anilines is 1. The Kier molecular flexibility index (Phi) is 7.01. The number of nitrogens with zero attached hydrogens (tertiary/aromatic N) is 4. The molecular weight excluding hydrogens is 430 g/mol. The van der Waals surface area contributed by atoms with Crippen molar-refractivity contribution in [3.8, 4) is 0 Å². The van der Waals surface area contributed by atoms with Gasteiger partial charge in [-0.15, -0.1) is 10.2 Å². The molecule has 0 aliphatic carbocycles. The molecule has 0 bridgehead atoms. The van der Waals surface area contributed by atoms with Crippen molar-refractivity contribution in [3.05, 3.63) is 65.5 Å². The number of amides is 2. The van der Waals surface area contributed by atoms with Gasteiger partial charge in [0.1, 0.15) is 5.82 Å². The molecule has 0 spiro atoms. The van der Waals surface area contributed by atoms with Crippen molar-refractivity contribution >= 4 is 34.3 Å². The van der Waals surface area contributed by atoms with Gasteiger partial charge in [0.05, 0.1) is 11.0 Å². The molecular formula is C25H29N7O2. The van der Waals surface area contributed by atoms with E-state index in [1.807, 2.05) is 55.5 Å². The lowest BCUT2D eigenvalue weighted by molar-refractivity contribution is 0.0938. The normalized spacial score (nSPS) is 11.2. The van der Waals surface area contributed by atoms with Crippen molar-refractivity contribution in [2.45, 2.75) is 39.7 Å². The molecule has 176 valence electrons. The highest BCUT2D eigenvalue weighted by molar-refractivity contribution is 5.98. The number of hydrogen-bond donors (Lipinski definition) is 3. The van der Waals surface area contributed by atoms with E-state index >= 15 is 0 Å². The van der Waals surface area contributed by atoms with E-state index in [-0.39, 0.29) is 17.9 Å². The number of hydrogen-bond acceptors (Lipinski definition) is 6. The zero-order valence-electron chi connectivity index (χ0n) is 19.6. The summed E-state index contributed by atoms with van der Waals surface area (Å²) in [5.41, 5.74) is 3.37. The molecule has 0 aliphatic rings. The Morgan fingerprint density at radius 3 is 2.47 bits per heavy atom. The van der Waals surface area contributed by atoms with Gasteiger partial charge in [-0.25, -0.2) is 4.98 Å². The zero-order valence-corrected chi connectivity index (χ0v) is 19.6. The van der Waals surface area contributed by atoms with Crippen molar-refractivity contribution in [1.29, 1.82) is 0 Å². The molecule has 9 nitrogen and oxygen atoms in total. The maximum absolute atomic E-state index is 12.5. The quantitative estimate of drug-likeness (QED) is 0.331. The van der Waals surface area contributed by atoms with Crippen LogP contribution in [0.3, 0.4) is 0 Å². The molecule has 2 amide bonds. The lowest BCUT2D eigenvalue weighted by Gasteiger charge is -2.12. The van der Waals surface area contributed by atoms with Gasteiger partial charge in [-0.1, -0.05) is 18.2 Å². The highest BCUT2D eigenvalue weighted by Gasteiger charge is 2.15. The summed E-state index contributed by atoms with van der Waals surface area (Å²) in [6, 6.07) is 14.7. The number of aromatic nitrogens is 4. The van der Waals surface area contributed by atoms with Gasteiger partial charge in [0.2, 0.25) is 5.65 Å². The molecule has 2 heterocycles. The van der Waals surface area contributed by atoms with Gasteiger partial charge in [0.15, 0.2) is 5.82 Å². The fourth-order valence-electron chi connectivity index (χ4n) is 3.73. The van der Waals surface area contributed by atoms with Crippen molar-refractivity contribution in [2.24, 2.45) is 0 Å². The van der Waals surface area contributed by atoms with E-state index in [4.69, 9.17) is 4.98 Å². The summed E-state index contributed by atoms with van der Waals surface area (Å²) in [6.45, 7) is 7.01. The molecule has 0 fully saturated rings. The molecule has 0 saturated heterocycles. The SMILES string of the molecule is Cc1nnc2c(NCCCCNC(=O)c3ccccc3)nc3ccc(C(=O)NC(C)C)cc3n12. The topological polar surface area (TPSA) is 113 Å². The lowest BCUT2D eigenvalue weighted by Crippen LogP contribution is -2.30. The highest BCUT2D eigenvalue weighted by Crippen LogP contribution is 2.23. The third kappa shape index (κ3) is 5.14. The Bertz CT molecular complexity index is 1320. The van der Waals surface area contributed by atoms with Crippen LogP contribution < -0.4 is 16.0 Å². The molecule has 0 radical (unpaired) electrons. The maximum Gasteiger partial charge on any atom is 0.251 e.